The number of nitrogens with zero attached hydrogens (tertiary/aromatic N) is 1. The molecule has 0 bridgehead atoms. The average Bonchev–Trinajstić information content (AvgIpc) is 2.45. The summed E-state index contributed by atoms with van der Waals surface area (Å²) < 4.78 is 0. The number of benzene rings is 1. The normalized spacial score (nSPS) is 13.8. The Morgan fingerprint density at radius 3 is 2.43 bits per heavy atom. The summed E-state index contributed by atoms with van der Waals surface area (Å²) in [5.41, 5.74) is -0.313. The van der Waals surface area contributed by atoms with Gasteiger partial charge >= 0.3 is 0 Å². The van der Waals surface area contributed by atoms with Gasteiger partial charge in [0.15, 0.2) is 0 Å². The van der Waals surface area contributed by atoms with E-state index in [1.54, 1.807) is 18.8 Å². The number of hydrogen-bond donors (Lipinski definition) is 2. The van der Waals surface area contributed by atoms with Crippen LogP contribution in [0.25, 0.3) is 0 Å². The van der Waals surface area contributed by atoms with Crippen LogP contribution in [0.2, 0.25) is 0 Å². The Morgan fingerprint density at radius 1 is 1.33 bits per heavy atom. The van der Waals surface area contributed by atoms with Crippen molar-refractivity contribution in [2.45, 2.75) is 25.7 Å². The number of hydrogen-bond acceptors (Lipinski definition) is 5. The van der Waals surface area contributed by atoms with Gasteiger partial charge in [-0.05, 0) is 17.5 Å². The lowest BCUT2D eigenvalue weighted by atomic mass is 9.81. The summed E-state index contributed by atoms with van der Waals surface area (Å²) in [7, 11) is 1.60. The SMILES string of the molecule is CNC(=O)C(C(=NO)SCSc1ccccc1)C(C)(C)C. The van der Waals surface area contributed by atoms with E-state index < -0.39 is 5.92 Å². The lowest BCUT2D eigenvalue weighted by Gasteiger charge is -2.29. The summed E-state index contributed by atoms with van der Waals surface area (Å²) in [5, 5.41) is 16.4. The fraction of sp³-hybridized carbons (Fsp3) is 0.467. The zero-order chi connectivity index (χ0) is 15.9. The molecule has 21 heavy (non-hydrogen) atoms. The van der Waals surface area contributed by atoms with Crippen LogP contribution in [0.4, 0.5) is 0 Å². The lowest BCUT2D eigenvalue weighted by molar-refractivity contribution is -0.124. The third-order valence-electron chi connectivity index (χ3n) is 2.90. The van der Waals surface area contributed by atoms with Gasteiger partial charge in [-0.3, -0.25) is 4.79 Å². The highest BCUT2D eigenvalue weighted by atomic mass is 32.2. The quantitative estimate of drug-likeness (QED) is 0.216. The molecule has 6 heteroatoms. The van der Waals surface area contributed by atoms with E-state index in [1.165, 1.54) is 11.8 Å². The molecule has 1 unspecified atom stereocenters. The van der Waals surface area contributed by atoms with Gasteiger partial charge < -0.3 is 10.5 Å². The van der Waals surface area contributed by atoms with Gasteiger partial charge in [-0.15, -0.1) is 11.8 Å². The van der Waals surface area contributed by atoms with Gasteiger partial charge in [-0.2, -0.15) is 0 Å². The van der Waals surface area contributed by atoms with Crippen LogP contribution in [0.5, 0.6) is 0 Å². The summed E-state index contributed by atoms with van der Waals surface area (Å²) in [6.45, 7) is 5.88. The average molecular weight is 326 g/mol. The Hall–Kier alpha value is -1.14. The minimum absolute atomic E-state index is 0.132. The molecule has 0 aliphatic heterocycles. The van der Waals surface area contributed by atoms with Crippen molar-refractivity contribution in [1.29, 1.82) is 0 Å². The highest BCUT2D eigenvalue weighted by Gasteiger charge is 2.36. The molecule has 0 saturated heterocycles. The molecular formula is C15H22N2O2S2. The second-order valence-corrected chi connectivity index (χ2v) is 7.98. The maximum absolute atomic E-state index is 12.1. The van der Waals surface area contributed by atoms with Crippen LogP contribution < -0.4 is 5.32 Å². The number of oxime groups is 1. The molecule has 0 saturated carbocycles. The lowest BCUT2D eigenvalue weighted by Crippen LogP contribution is -2.40. The van der Waals surface area contributed by atoms with Crippen LogP contribution in [0, 0.1) is 11.3 Å². The van der Waals surface area contributed by atoms with Gasteiger partial charge in [0.1, 0.15) is 5.04 Å². The molecule has 1 rings (SSSR count). The first-order valence-corrected chi connectivity index (χ1v) is 8.61. The zero-order valence-electron chi connectivity index (χ0n) is 12.8. The summed E-state index contributed by atoms with van der Waals surface area (Å²) in [6.07, 6.45) is 0. The first-order valence-electron chi connectivity index (χ1n) is 6.64. The van der Waals surface area contributed by atoms with Crippen molar-refractivity contribution in [3.05, 3.63) is 30.3 Å². The molecule has 2 N–H and O–H groups in total. The fourth-order valence-corrected chi connectivity index (χ4v) is 4.16. The smallest absolute Gasteiger partial charge is 0.230 e. The van der Waals surface area contributed by atoms with Gasteiger partial charge in [0.2, 0.25) is 5.91 Å². The number of carbonyl (C=O) groups is 1. The van der Waals surface area contributed by atoms with Crippen LogP contribution in [0.15, 0.2) is 40.4 Å². The van der Waals surface area contributed by atoms with Crippen molar-refractivity contribution in [2.24, 2.45) is 16.5 Å². The minimum atomic E-state index is -0.464. The zero-order valence-corrected chi connectivity index (χ0v) is 14.4. The molecular weight excluding hydrogens is 304 g/mol. The fourth-order valence-electron chi connectivity index (χ4n) is 1.86. The van der Waals surface area contributed by atoms with Gasteiger partial charge in [0.25, 0.3) is 0 Å². The van der Waals surface area contributed by atoms with Crippen LogP contribution >= 0.6 is 23.5 Å². The third-order valence-corrected chi connectivity index (χ3v) is 5.06. The van der Waals surface area contributed by atoms with Crippen molar-refractivity contribution in [2.75, 3.05) is 12.1 Å². The van der Waals surface area contributed by atoms with Crippen molar-refractivity contribution < 1.29 is 10.0 Å². The number of thioether (sulfide) groups is 2. The molecule has 4 nitrogen and oxygen atoms in total. The number of amides is 1. The molecule has 0 aliphatic carbocycles. The molecule has 1 atom stereocenters. The van der Waals surface area contributed by atoms with Gasteiger partial charge in [0, 0.05) is 17.0 Å². The van der Waals surface area contributed by atoms with Crippen molar-refractivity contribution in [3.8, 4) is 0 Å². The third kappa shape index (κ3) is 5.63. The van der Waals surface area contributed by atoms with Crippen LogP contribution in [-0.4, -0.2) is 28.3 Å². The Kier molecular flexibility index (Phi) is 7.11. The van der Waals surface area contributed by atoms with Crippen molar-refractivity contribution in [3.63, 3.8) is 0 Å². The van der Waals surface area contributed by atoms with Crippen LogP contribution in [0.3, 0.4) is 0 Å². The Balaban J connectivity index is 2.70. The Morgan fingerprint density at radius 2 is 1.95 bits per heavy atom. The molecule has 0 aromatic heterocycles. The van der Waals surface area contributed by atoms with Crippen molar-refractivity contribution in [1.82, 2.24) is 5.32 Å². The maximum atomic E-state index is 12.1. The largest absolute Gasteiger partial charge is 0.410 e. The highest BCUT2D eigenvalue weighted by Crippen LogP contribution is 2.33. The van der Waals surface area contributed by atoms with Gasteiger partial charge in [-0.25, -0.2) is 0 Å². The van der Waals surface area contributed by atoms with E-state index in [2.05, 4.69) is 10.5 Å². The molecule has 0 aliphatic rings. The Bertz CT molecular complexity index is 484. The molecule has 0 radical (unpaired) electrons. The van der Waals surface area contributed by atoms with E-state index in [9.17, 15) is 10.0 Å². The van der Waals surface area contributed by atoms with Gasteiger partial charge in [-0.1, -0.05) is 55.9 Å². The summed E-state index contributed by atoms with van der Waals surface area (Å²) in [5.74, 6) is -0.596. The monoisotopic (exact) mass is 326 g/mol. The van der Waals surface area contributed by atoms with E-state index in [0.717, 1.165) is 4.90 Å². The van der Waals surface area contributed by atoms with E-state index in [-0.39, 0.29) is 11.3 Å². The number of carbonyl (C=O) groups excluding carboxylic acids is 1. The summed E-state index contributed by atoms with van der Waals surface area (Å²) in [6, 6.07) is 9.99. The standard InChI is InChI=1S/C15H22N2O2S2/c1-15(2,3)12(13(18)16-4)14(17-19)21-10-20-11-8-6-5-7-9-11/h5-9,12,19H,10H2,1-4H3,(H,16,18). The minimum Gasteiger partial charge on any atom is -0.410 e. The second kappa shape index (κ2) is 8.34. The van der Waals surface area contributed by atoms with E-state index in [0.29, 0.717) is 10.1 Å². The molecule has 0 spiro atoms. The number of nitrogens with one attached hydrogen (secondary N) is 1. The molecule has 0 heterocycles. The summed E-state index contributed by atoms with van der Waals surface area (Å²) >= 11 is 3.05. The first-order chi connectivity index (χ1) is 9.90. The van der Waals surface area contributed by atoms with Crippen molar-refractivity contribution >= 4 is 34.5 Å². The molecule has 116 valence electrons. The number of rotatable bonds is 5. The molecule has 0 fully saturated rings. The predicted octanol–water partition coefficient (Wildman–Crippen LogP) is 3.67. The van der Waals surface area contributed by atoms with Crippen LogP contribution in [0.1, 0.15) is 20.8 Å². The van der Waals surface area contributed by atoms with Gasteiger partial charge in [0.05, 0.1) is 5.92 Å². The van der Waals surface area contributed by atoms with E-state index >= 15 is 0 Å². The molecule has 1 amide bonds. The topological polar surface area (TPSA) is 61.7 Å². The second-order valence-electron chi connectivity index (χ2n) is 5.57. The first kappa shape index (κ1) is 17.9. The van der Waals surface area contributed by atoms with E-state index in [4.69, 9.17) is 0 Å². The predicted molar refractivity (Wildman–Crippen MR) is 91.0 cm³/mol. The Labute approximate surface area is 134 Å². The summed E-state index contributed by atoms with van der Waals surface area (Å²) in [4.78, 5) is 13.2. The molecule has 1 aromatic rings. The molecule has 1 aromatic carbocycles. The maximum Gasteiger partial charge on any atom is 0.230 e. The highest BCUT2D eigenvalue weighted by molar-refractivity contribution is 8.24. The van der Waals surface area contributed by atoms with Crippen LogP contribution in [-0.2, 0) is 4.79 Å². The van der Waals surface area contributed by atoms with E-state index in [1.807, 2.05) is 51.1 Å².